The minimum Gasteiger partial charge on any atom is -0.325 e. The van der Waals surface area contributed by atoms with Crippen molar-refractivity contribution >= 4 is 49.9 Å². The summed E-state index contributed by atoms with van der Waals surface area (Å²) in [5.41, 5.74) is 0.686. The van der Waals surface area contributed by atoms with Gasteiger partial charge < -0.3 is 10.6 Å². The van der Waals surface area contributed by atoms with Crippen molar-refractivity contribution in [2.24, 2.45) is 5.92 Å². The first-order chi connectivity index (χ1) is 11.4. The van der Waals surface area contributed by atoms with Gasteiger partial charge in [0.05, 0.1) is 5.69 Å². The number of nitrogens with one attached hydrogen (secondary N) is 2. The highest BCUT2D eigenvalue weighted by Gasteiger charge is 2.12. The van der Waals surface area contributed by atoms with Crippen LogP contribution in [0, 0.1) is 5.92 Å². The molecule has 2 amide bonds. The number of aromatic nitrogens is 2. The third kappa shape index (κ3) is 6.01. The van der Waals surface area contributed by atoms with Crippen molar-refractivity contribution in [3.8, 4) is 0 Å². The van der Waals surface area contributed by atoms with Crippen LogP contribution in [0.5, 0.6) is 0 Å². The fourth-order valence-electron chi connectivity index (χ4n) is 1.92. The Morgan fingerprint density at radius 1 is 1.12 bits per heavy atom. The predicted octanol–water partition coefficient (Wildman–Crippen LogP) is 3.86. The van der Waals surface area contributed by atoms with Crippen molar-refractivity contribution in [2.75, 3.05) is 10.6 Å². The minimum absolute atomic E-state index is 0.0926. The molecular formula is C16H19BrN4O2S. The van der Waals surface area contributed by atoms with Crippen LogP contribution in [0.3, 0.4) is 0 Å². The number of rotatable bonds is 7. The summed E-state index contributed by atoms with van der Waals surface area (Å²) in [6, 6.07) is 7.33. The van der Waals surface area contributed by atoms with E-state index < -0.39 is 0 Å². The standard InChI is InChI=1S/C16H19BrN4O2S/c1-10(2)9-15-20-21-16(24-15)19-14(23)8-7-13(22)18-12-6-4-3-5-11(12)17/h3-6,10H,7-9H2,1-2H3,(H,18,22)(H,19,21,23). The Morgan fingerprint density at radius 3 is 2.46 bits per heavy atom. The average molecular weight is 411 g/mol. The molecule has 2 N–H and O–H groups in total. The van der Waals surface area contributed by atoms with Gasteiger partial charge >= 0.3 is 0 Å². The quantitative estimate of drug-likeness (QED) is 0.725. The second kappa shape index (κ2) is 8.89. The molecule has 2 rings (SSSR count). The highest BCUT2D eigenvalue weighted by molar-refractivity contribution is 9.10. The molecule has 0 spiro atoms. The summed E-state index contributed by atoms with van der Waals surface area (Å²) in [5, 5.41) is 14.8. The molecule has 0 saturated heterocycles. The van der Waals surface area contributed by atoms with Gasteiger partial charge in [0.15, 0.2) is 0 Å². The van der Waals surface area contributed by atoms with E-state index in [1.807, 2.05) is 18.2 Å². The van der Waals surface area contributed by atoms with Crippen LogP contribution in [0.25, 0.3) is 0 Å². The van der Waals surface area contributed by atoms with Gasteiger partial charge in [-0.3, -0.25) is 9.59 Å². The van der Waals surface area contributed by atoms with Crippen molar-refractivity contribution in [3.63, 3.8) is 0 Å². The third-order valence-electron chi connectivity index (χ3n) is 3.02. The lowest BCUT2D eigenvalue weighted by Gasteiger charge is -2.06. The summed E-state index contributed by atoms with van der Waals surface area (Å²) in [6.07, 6.45) is 1.03. The van der Waals surface area contributed by atoms with Crippen LogP contribution in [0.15, 0.2) is 28.7 Å². The Kier molecular flexibility index (Phi) is 6.86. The molecule has 128 valence electrons. The Hall–Kier alpha value is -1.80. The number of hydrogen-bond acceptors (Lipinski definition) is 5. The second-order valence-electron chi connectivity index (χ2n) is 5.68. The van der Waals surface area contributed by atoms with E-state index in [0.29, 0.717) is 16.7 Å². The van der Waals surface area contributed by atoms with Crippen LogP contribution in [0.2, 0.25) is 0 Å². The van der Waals surface area contributed by atoms with Gasteiger partial charge in [-0.1, -0.05) is 37.3 Å². The highest BCUT2D eigenvalue weighted by Crippen LogP contribution is 2.21. The number of amides is 2. The lowest BCUT2D eigenvalue weighted by molar-refractivity contribution is -0.121. The van der Waals surface area contributed by atoms with Gasteiger partial charge in [-0.05, 0) is 34.0 Å². The van der Waals surface area contributed by atoms with E-state index in [9.17, 15) is 9.59 Å². The van der Waals surface area contributed by atoms with Gasteiger partial charge in [-0.15, -0.1) is 10.2 Å². The number of anilines is 2. The summed E-state index contributed by atoms with van der Waals surface area (Å²) in [5.74, 6) is 0.0295. The summed E-state index contributed by atoms with van der Waals surface area (Å²) in [4.78, 5) is 23.8. The third-order valence-corrected chi connectivity index (χ3v) is 4.58. The van der Waals surface area contributed by atoms with E-state index >= 15 is 0 Å². The Morgan fingerprint density at radius 2 is 1.79 bits per heavy atom. The van der Waals surface area contributed by atoms with E-state index in [2.05, 4.69) is 50.6 Å². The molecule has 6 nitrogen and oxygen atoms in total. The van der Waals surface area contributed by atoms with E-state index in [0.717, 1.165) is 15.9 Å². The molecule has 0 fully saturated rings. The van der Waals surface area contributed by atoms with Gasteiger partial charge in [0.2, 0.25) is 16.9 Å². The zero-order valence-electron chi connectivity index (χ0n) is 13.5. The maximum atomic E-state index is 11.9. The molecule has 0 radical (unpaired) electrons. The molecule has 0 aliphatic carbocycles. The number of carbonyl (C=O) groups is 2. The van der Waals surface area contributed by atoms with E-state index in [1.54, 1.807) is 6.07 Å². The first kappa shape index (κ1) is 18.5. The molecule has 1 aromatic heterocycles. The Labute approximate surface area is 153 Å². The van der Waals surface area contributed by atoms with Gasteiger partial charge in [-0.2, -0.15) is 0 Å². The van der Waals surface area contributed by atoms with Crippen LogP contribution >= 0.6 is 27.3 Å². The summed E-state index contributed by atoms with van der Waals surface area (Å²) in [7, 11) is 0. The van der Waals surface area contributed by atoms with Crippen LogP contribution in [0.1, 0.15) is 31.7 Å². The second-order valence-corrected chi connectivity index (χ2v) is 7.59. The van der Waals surface area contributed by atoms with Crippen molar-refractivity contribution in [1.29, 1.82) is 0 Å². The number of para-hydroxylation sites is 1. The van der Waals surface area contributed by atoms with Crippen molar-refractivity contribution in [1.82, 2.24) is 10.2 Å². The molecule has 1 aromatic carbocycles. The highest BCUT2D eigenvalue weighted by atomic mass is 79.9. The van der Waals surface area contributed by atoms with Crippen molar-refractivity contribution in [3.05, 3.63) is 33.7 Å². The first-order valence-electron chi connectivity index (χ1n) is 7.60. The molecule has 0 aliphatic rings. The topological polar surface area (TPSA) is 84.0 Å². The number of carbonyl (C=O) groups excluding carboxylic acids is 2. The molecular weight excluding hydrogens is 392 g/mol. The van der Waals surface area contributed by atoms with Crippen molar-refractivity contribution < 1.29 is 9.59 Å². The Bertz CT molecular complexity index is 718. The summed E-state index contributed by atoms with van der Waals surface area (Å²) >= 11 is 4.73. The van der Waals surface area contributed by atoms with Gasteiger partial charge in [0, 0.05) is 23.7 Å². The first-order valence-corrected chi connectivity index (χ1v) is 9.21. The lowest BCUT2D eigenvalue weighted by atomic mass is 10.1. The number of hydrogen-bond donors (Lipinski definition) is 2. The maximum absolute atomic E-state index is 11.9. The smallest absolute Gasteiger partial charge is 0.226 e. The largest absolute Gasteiger partial charge is 0.325 e. The number of benzene rings is 1. The Balaban J connectivity index is 1.77. The molecule has 0 saturated carbocycles. The van der Waals surface area contributed by atoms with Gasteiger partial charge in [-0.25, -0.2) is 0 Å². The van der Waals surface area contributed by atoms with Crippen LogP contribution in [-0.4, -0.2) is 22.0 Å². The van der Waals surface area contributed by atoms with Crippen LogP contribution in [-0.2, 0) is 16.0 Å². The molecule has 1 heterocycles. The van der Waals surface area contributed by atoms with E-state index in [1.165, 1.54) is 11.3 Å². The average Bonchev–Trinajstić information content (AvgIpc) is 2.94. The molecule has 0 unspecified atom stereocenters. The van der Waals surface area contributed by atoms with Crippen molar-refractivity contribution in [2.45, 2.75) is 33.1 Å². The van der Waals surface area contributed by atoms with E-state index in [-0.39, 0.29) is 24.7 Å². The zero-order chi connectivity index (χ0) is 17.5. The maximum Gasteiger partial charge on any atom is 0.226 e. The number of nitrogens with zero attached hydrogens (tertiary/aromatic N) is 2. The molecule has 8 heteroatoms. The fraction of sp³-hybridized carbons (Fsp3) is 0.375. The predicted molar refractivity (Wildman–Crippen MR) is 99.1 cm³/mol. The van der Waals surface area contributed by atoms with E-state index in [4.69, 9.17) is 0 Å². The summed E-state index contributed by atoms with van der Waals surface area (Å²) < 4.78 is 0.800. The lowest BCUT2D eigenvalue weighted by Crippen LogP contribution is -2.17. The molecule has 0 atom stereocenters. The molecule has 0 aliphatic heterocycles. The molecule has 0 bridgehead atoms. The fourth-order valence-corrected chi connectivity index (χ4v) is 3.27. The van der Waals surface area contributed by atoms with Gasteiger partial charge in [0.1, 0.15) is 5.01 Å². The molecule has 2 aromatic rings. The van der Waals surface area contributed by atoms with Crippen LogP contribution < -0.4 is 10.6 Å². The number of halogens is 1. The zero-order valence-corrected chi connectivity index (χ0v) is 15.9. The SMILES string of the molecule is CC(C)Cc1nnc(NC(=O)CCC(=O)Nc2ccccc2Br)s1. The normalized spacial score (nSPS) is 10.7. The minimum atomic E-state index is -0.246. The van der Waals surface area contributed by atoms with Gasteiger partial charge in [0.25, 0.3) is 0 Å². The molecule has 24 heavy (non-hydrogen) atoms. The van der Waals surface area contributed by atoms with Crippen LogP contribution in [0.4, 0.5) is 10.8 Å². The summed E-state index contributed by atoms with van der Waals surface area (Å²) in [6.45, 7) is 4.20. The monoisotopic (exact) mass is 410 g/mol.